The number of methoxy groups -OCH3 is 1. The molecule has 4 rings (SSSR count). The molecule has 0 radical (unpaired) electrons. The molecular formula is C21H14FN3O4. The second kappa shape index (κ2) is 7.16. The number of imidazole rings is 1. The number of halogens is 1. The maximum absolute atomic E-state index is 13.4. The summed E-state index contributed by atoms with van der Waals surface area (Å²) in [6, 6.07) is 16.8. The molecular weight excluding hydrogens is 377 g/mol. The van der Waals surface area contributed by atoms with Gasteiger partial charge in [0, 0.05) is 23.4 Å². The lowest BCUT2D eigenvalue weighted by Crippen LogP contribution is -2.01. The van der Waals surface area contributed by atoms with Crippen LogP contribution >= 0.6 is 0 Å². The molecule has 0 aliphatic heterocycles. The molecule has 1 aromatic heterocycles. The highest BCUT2D eigenvalue weighted by Crippen LogP contribution is 2.30. The molecule has 0 amide bonds. The molecule has 0 fully saturated rings. The summed E-state index contributed by atoms with van der Waals surface area (Å²) in [5, 5.41) is 10.9. The Hall–Kier alpha value is -4.07. The number of esters is 1. The zero-order chi connectivity index (χ0) is 20.5. The topological polar surface area (TPSA) is 87.3 Å². The van der Waals surface area contributed by atoms with E-state index in [1.54, 1.807) is 47.0 Å². The van der Waals surface area contributed by atoms with Crippen molar-refractivity contribution in [2.45, 2.75) is 0 Å². The number of carbonyl (C=O) groups excluding carboxylic acids is 1. The minimum atomic E-state index is -0.486. The molecule has 29 heavy (non-hydrogen) atoms. The molecule has 0 atom stereocenters. The minimum Gasteiger partial charge on any atom is -0.465 e. The molecule has 4 aromatic rings. The second-order valence-corrected chi connectivity index (χ2v) is 6.25. The number of fused-ring (bicyclic) bond motifs is 1. The monoisotopic (exact) mass is 391 g/mol. The molecule has 0 unspecified atom stereocenters. The number of ether oxygens (including phenoxy) is 1. The third-order valence-electron chi connectivity index (χ3n) is 4.50. The fraction of sp³-hybridized carbons (Fsp3) is 0.0476. The average molecular weight is 391 g/mol. The van der Waals surface area contributed by atoms with Crippen LogP contribution in [0.3, 0.4) is 0 Å². The lowest BCUT2D eigenvalue weighted by molar-refractivity contribution is -0.384. The first-order valence-electron chi connectivity index (χ1n) is 8.59. The molecule has 0 saturated heterocycles. The van der Waals surface area contributed by atoms with Gasteiger partial charge < -0.3 is 4.74 Å². The van der Waals surface area contributed by atoms with Gasteiger partial charge >= 0.3 is 5.97 Å². The van der Waals surface area contributed by atoms with Gasteiger partial charge in [-0.15, -0.1) is 0 Å². The Morgan fingerprint density at radius 3 is 2.38 bits per heavy atom. The summed E-state index contributed by atoms with van der Waals surface area (Å²) in [4.78, 5) is 27.0. The van der Waals surface area contributed by atoms with Crippen molar-refractivity contribution in [1.29, 1.82) is 0 Å². The molecule has 1 heterocycles. The number of rotatable bonds is 4. The second-order valence-electron chi connectivity index (χ2n) is 6.25. The van der Waals surface area contributed by atoms with Crippen molar-refractivity contribution in [2.24, 2.45) is 0 Å². The van der Waals surface area contributed by atoms with E-state index in [0.717, 1.165) is 0 Å². The largest absolute Gasteiger partial charge is 0.465 e. The van der Waals surface area contributed by atoms with Crippen molar-refractivity contribution < 1.29 is 18.8 Å². The van der Waals surface area contributed by atoms with E-state index in [2.05, 4.69) is 4.98 Å². The number of carbonyl (C=O) groups is 1. The number of aromatic nitrogens is 2. The van der Waals surface area contributed by atoms with E-state index in [4.69, 9.17) is 4.74 Å². The number of hydrogen-bond acceptors (Lipinski definition) is 5. The molecule has 3 aromatic carbocycles. The normalized spacial score (nSPS) is 10.8. The Kier molecular flexibility index (Phi) is 4.52. The van der Waals surface area contributed by atoms with Gasteiger partial charge in [-0.3, -0.25) is 14.7 Å². The Balaban J connectivity index is 1.95. The summed E-state index contributed by atoms with van der Waals surface area (Å²) in [6.07, 6.45) is 0. The summed E-state index contributed by atoms with van der Waals surface area (Å²) in [7, 11) is 1.30. The number of hydrogen-bond donors (Lipinski definition) is 0. The van der Waals surface area contributed by atoms with E-state index in [-0.39, 0.29) is 11.5 Å². The maximum Gasteiger partial charge on any atom is 0.337 e. The van der Waals surface area contributed by atoms with Crippen molar-refractivity contribution in [3.05, 3.63) is 88.2 Å². The van der Waals surface area contributed by atoms with E-state index >= 15 is 0 Å². The summed E-state index contributed by atoms with van der Waals surface area (Å²) >= 11 is 0. The SMILES string of the molecule is COC(=O)c1ccc2c(c1)nc(-c1ccc([N+](=O)[O-])cc1)n2-c1ccc(F)cc1. The van der Waals surface area contributed by atoms with Gasteiger partial charge in [-0.25, -0.2) is 14.2 Å². The number of non-ortho nitro benzene ring substituents is 1. The van der Waals surface area contributed by atoms with Crippen molar-refractivity contribution in [2.75, 3.05) is 7.11 Å². The van der Waals surface area contributed by atoms with E-state index in [1.165, 1.54) is 31.4 Å². The van der Waals surface area contributed by atoms with E-state index < -0.39 is 10.9 Å². The van der Waals surface area contributed by atoms with Crippen LogP contribution in [0.5, 0.6) is 0 Å². The van der Waals surface area contributed by atoms with Crippen LogP contribution < -0.4 is 0 Å². The van der Waals surface area contributed by atoms with Gasteiger partial charge in [-0.2, -0.15) is 0 Å². The molecule has 0 bridgehead atoms. The maximum atomic E-state index is 13.4. The first-order chi connectivity index (χ1) is 14.0. The van der Waals surface area contributed by atoms with Crippen molar-refractivity contribution >= 4 is 22.7 Å². The predicted octanol–water partition coefficient (Wildman–Crippen LogP) is 4.53. The van der Waals surface area contributed by atoms with E-state index in [9.17, 15) is 19.3 Å². The zero-order valence-electron chi connectivity index (χ0n) is 15.2. The van der Waals surface area contributed by atoms with Crippen molar-refractivity contribution in [1.82, 2.24) is 9.55 Å². The highest BCUT2D eigenvalue weighted by atomic mass is 19.1. The fourth-order valence-electron chi connectivity index (χ4n) is 3.10. The predicted molar refractivity (Wildman–Crippen MR) is 104 cm³/mol. The van der Waals surface area contributed by atoms with Crippen LogP contribution in [0.15, 0.2) is 66.7 Å². The van der Waals surface area contributed by atoms with Gasteiger partial charge in [-0.05, 0) is 54.6 Å². The smallest absolute Gasteiger partial charge is 0.337 e. The summed E-state index contributed by atoms with van der Waals surface area (Å²) in [5.41, 5.74) is 2.83. The number of nitro groups is 1. The molecule has 7 nitrogen and oxygen atoms in total. The number of benzene rings is 3. The first-order valence-corrected chi connectivity index (χ1v) is 8.59. The molecule has 0 aliphatic carbocycles. The molecule has 8 heteroatoms. The molecule has 144 valence electrons. The minimum absolute atomic E-state index is 0.0360. The van der Waals surface area contributed by atoms with Gasteiger partial charge in [-0.1, -0.05) is 0 Å². The zero-order valence-corrected chi connectivity index (χ0v) is 15.2. The van der Waals surface area contributed by atoms with E-state index in [1.807, 2.05) is 0 Å². The highest BCUT2D eigenvalue weighted by Gasteiger charge is 2.17. The molecule has 0 spiro atoms. The van der Waals surface area contributed by atoms with Crippen LogP contribution in [0.1, 0.15) is 10.4 Å². The Labute approximate surface area is 164 Å². The average Bonchev–Trinajstić information content (AvgIpc) is 3.12. The standard InChI is InChI=1S/C21H14FN3O4/c1-29-21(26)14-4-11-19-18(12-14)23-20(13-2-7-17(8-3-13)25(27)28)24(19)16-9-5-15(22)6-10-16/h2-12H,1H3. The molecule has 0 aliphatic rings. The molecule has 0 N–H and O–H groups in total. The van der Waals surface area contributed by atoms with Crippen LogP contribution in [0.2, 0.25) is 0 Å². The number of nitro benzene ring substituents is 1. The Morgan fingerprint density at radius 1 is 1.07 bits per heavy atom. The number of nitrogens with zero attached hydrogens (tertiary/aromatic N) is 3. The van der Waals surface area contributed by atoms with Crippen LogP contribution in [-0.4, -0.2) is 27.6 Å². The summed E-state index contributed by atoms with van der Waals surface area (Å²) in [5.74, 6) is -0.355. The highest BCUT2D eigenvalue weighted by molar-refractivity contribution is 5.95. The van der Waals surface area contributed by atoms with Gasteiger partial charge in [0.2, 0.25) is 0 Å². The van der Waals surface area contributed by atoms with Crippen molar-refractivity contribution in [3.8, 4) is 17.1 Å². The van der Waals surface area contributed by atoms with Gasteiger partial charge in [0.15, 0.2) is 0 Å². The molecule has 0 saturated carbocycles. The lowest BCUT2D eigenvalue weighted by atomic mass is 10.2. The summed E-state index contributed by atoms with van der Waals surface area (Å²) in [6.45, 7) is 0. The lowest BCUT2D eigenvalue weighted by Gasteiger charge is -2.10. The van der Waals surface area contributed by atoms with Crippen LogP contribution in [0, 0.1) is 15.9 Å². The summed E-state index contributed by atoms with van der Waals surface area (Å²) < 4.78 is 20.0. The van der Waals surface area contributed by atoms with Gasteiger partial charge in [0.1, 0.15) is 11.6 Å². The Bertz CT molecular complexity index is 1230. The van der Waals surface area contributed by atoms with Crippen LogP contribution in [-0.2, 0) is 4.74 Å². The van der Waals surface area contributed by atoms with Gasteiger partial charge in [0.25, 0.3) is 5.69 Å². The van der Waals surface area contributed by atoms with Gasteiger partial charge in [0.05, 0.1) is 28.6 Å². The third-order valence-corrected chi connectivity index (χ3v) is 4.50. The van der Waals surface area contributed by atoms with Crippen LogP contribution in [0.25, 0.3) is 28.1 Å². The van der Waals surface area contributed by atoms with Crippen LogP contribution in [0.4, 0.5) is 10.1 Å². The Morgan fingerprint density at radius 2 is 1.76 bits per heavy atom. The first kappa shape index (κ1) is 18.3. The third kappa shape index (κ3) is 3.31. The van der Waals surface area contributed by atoms with E-state index in [0.29, 0.717) is 33.7 Å². The quantitative estimate of drug-likeness (QED) is 0.290. The fourth-order valence-corrected chi connectivity index (χ4v) is 3.10. The van der Waals surface area contributed by atoms with Crippen molar-refractivity contribution in [3.63, 3.8) is 0 Å².